The van der Waals surface area contributed by atoms with Crippen LogP contribution in [0, 0.1) is 0 Å². The van der Waals surface area contributed by atoms with Crippen LogP contribution in [0.2, 0.25) is 0 Å². The number of anilines is 3. The van der Waals surface area contributed by atoms with Gasteiger partial charge in [-0.3, -0.25) is 4.98 Å². The Kier molecular flexibility index (Phi) is 6.80. The molecule has 0 saturated carbocycles. The topological polar surface area (TPSA) is 29.3 Å². The van der Waals surface area contributed by atoms with Crippen molar-refractivity contribution < 1.29 is 4.42 Å². The molecule has 48 heavy (non-hydrogen) atoms. The van der Waals surface area contributed by atoms with Crippen molar-refractivity contribution in [3.8, 4) is 33.5 Å². The summed E-state index contributed by atoms with van der Waals surface area (Å²) >= 11 is 0. The maximum absolute atomic E-state index is 6.22. The summed E-state index contributed by atoms with van der Waals surface area (Å²) in [6.45, 7) is 0. The van der Waals surface area contributed by atoms with Crippen molar-refractivity contribution in [3.63, 3.8) is 0 Å². The second kappa shape index (κ2) is 11.7. The molecule has 0 aliphatic rings. The number of rotatable bonds is 6. The molecule has 9 rings (SSSR count). The summed E-state index contributed by atoms with van der Waals surface area (Å²) in [6, 6.07) is 62.0. The number of para-hydroxylation sites is 1. The van der Waals surface area contributed by atoms with Gasteiger partial charge in [-0.25, -0.2) is 0 Å². The molecule has 0 saturated heterocycles. The lowest BCUT2D eigenvalue weighted by Gasteiger charge is -2.28. The summed E-state index contributed by atoms with van der Waals surface area (Å²) in [5, 5.41) is 4.59. The SMILES string of the molecule is c1ccc(-c2ccc(N(c3ccc(-c4cc5c(cn4)oc4ccc6ccccc6c45)cc3)c3ccccc3-c3ccccc3)cc2)cc1. The predicted molar refractivity (Wildman–Crippen MR) is 200 cm³/mol. The van der Waals surface area contributed by atoms with Gasteiger partial charge in [-0.15, -0.1) is 0 Å². The Hall–Kier alpha value is -6.45. The number of nitrogens with zero attached hydrogens (tertiary/aromatic N) is 2. The minimum atomic E-state index is 0.796. The van der Waals surface area contributed by atoms with Gasteiger partial charge in [-0.05, 0) is 69.9 Å². The maximum atomic E-state index is 6.22. The zero-order valence-corrected chi connectivity index (χ0v) is 26.1. The molecule has 0 fully saturated rings. The molecule has 0 aliphatic carbocycles. The molecule has 7 aromatic carbocycles. The highest BCUT2D eigenvalue weighted by Crippen LogP contribution is 2.42. The van der Waals surface area contributed by atoms with Gasteiger partial charge in [-0.2, -0.15) is 0 Å². The van der Waals surface area contributed by atoms with Crippen LogP contribution in [0.25, 0.3) is 66.2 Å². The van der Waals surface area contributed by atoms with Gasteiger partial charge in [0.2, 0.25) is 0 Å². The molecule has 9 aromatic rings. The van der Waals surface area contributed by atoms with Crippen molar-refractivity contribution in [1.82, 2.24) is 4.98 Å². The van der Waals surface area contributed by atoms with E-state index in [2.05, 4.69) is 181 Å². The average Bonchev–Trinajstić information content (AvgIpc) is 3.55. The highest BCUT2D eigenvalue weighted by molar-refractivity contribution is 6.19. The van der Waals surface area contributed by atoms with Crippen LogP contribution in [0.3, 0.4) is 0 Å². The molecule has 0 amide bonds. The Morgan fingerprint density at radius 1 is 0.438 bits per heavy atom. The molecule has 0 radical (unpaired) electrons. The molecule has 0 atom stereocenters. The molecule has 3 heteroatoms. The van der Waals surface area contributed by atoms with Gasteiger partial charge in [0.25, 0.3) is 0 Å². The quantitative estimate of drug-likeness (QED) is 0.187. The van der Waals surface area contributed by atoms with Crippen LogP contribution in [-0.4, -0.2) is 4.98 Å². The smallest absolute Gasteiger partial charge is 0.153 e. The zero-order chi connectivity index (χ0) is 31.9. The van der Waals surface area contributed by atoms with Crippen molar-refractivity contribution in [2.24, 2.45) is 0 Å². The van der Waals surface area contributed by atoms with Crippen molar-refractivity contribution in [3.05, 3.63) is 182 Å². The van der Waals surface area contributed by atoms with Crippen LogP contribution in [0.4, 0.5) is 17.1 Å². The average molecular weight is 615 g/mol. The lowest BCUT2D eigenvalue weighted by atomic mass is 10.0. The van der Waals surface area contributed by atoms with Gasteiger partial charge in [-0.1, -0.05) is 133 Å². The standard InChI is InChI=1S/C45H30N2O/c1-3-11-31(12-4-1)32-19-24-36(25-20-32)47(42-18-10-9-16-38(42)33-13-5-2-6-14-33)37-26-21-35(22-27-37)41-29-40-44(30-46-41)48-43-28-23-34-15-7-8-17-39(34)45(40)43/h1-30H. The second-order valence-electron chi connectivity index (χ2n) is 12.0. The zero-order valence-electron chi connectivity index (χ0n) is 26.1. The molecule has 0 N–H and O–H groups in total. The highest BCUT2D eigenvalue weighted by Gasteiger charge is 2.18. The fraction of sp³-hybridized carbons (Fsp3) is 0. The van der Waals surface area contributed by atoms with E-state index in [0.717, 1.165) is 50.3 Å². The van der Waals surface area contributed by atoms with E-state index in [1.165, 1.54) is 33.0 Å². The van der Waals surface area contributed by atoms with E-state index in [1.54, 1.807) is 0 Å². The maximum Gasteiger partial charge on any atom is 0.153 e. The predicted octanol–water partition coefficient (Wildman–Crippen LogP) is 12.6. The Labute approximate surface area is 279 Å². The van der Waals surface area contributed by atoms with Gasteiger partial charge in [0.1, 0.15) is 5.58 Å². The van der Waals surface area contributed by atoms with Crippen LogP contribution >= 0.6 is 0 Å². The Balaban J connectivity index is 1.15. The largest absolute Gasteiger partial charge is 0.454 e. The second-order valence-corrected chi connectivity index (χ2v) is 12.0. The first-order chi connectivity index (χ1) is 23.8. The lowest BCUT2D eigenvalue weighted by molar-refractivity contribution is 0.667. The molecule has 0 spiro atoms. The van der Waals surface area contributed by atoms with Crippen molar-refractivity contribution in [1.29, 1.82) is 0 Å². The van der Waals surface area contributed by atoms with Crippen molar-refractivity contribution >= 4 is 49.8 Å². The summed E-state index contributed by atoms with van der Waals surface area (Å²) < 4.78 is 6.22. The molecule has 0 unspecified atom stereocenters. The Bertz CT molecular complexity index is 2540. The van der Waals surface area contributed by atoms with Gasteiger partial charge < -0.3 is 9.32 Å². The fourth-order valence-electron chi connectivity index (χ4n) is 6.78. The van der Waals surface area contributed by atoms with Gasteiger partial charge in [0.15, 0.2) is 5.58 Å². The van der Waals surface area contributed by atoms with Gasteiger partial charge >= 0.3 is 0 Å². The molecule has 0 aliphatic heterocycles. The lowest BCUT2D eigenvalue weighted by Crippen LogP contribution is -2.11. The number of pyridine rings is 1. The third-order valence-electron chi connectivity index (χ3n) is 9.13. The van der Waals surface area contributed by atoms with Crippen LogP contribution in [0.5, 0.6) is 0 Å². The molecule has 2 aromatic heterocycles. The summed E-state index contributed by atoms with van der Waals surface area (Å²) in [5.74, 6) is 0. The van der Waals surface area contributed by atoms with Crippen molar-refractivity contribution in [2.45, 2.75) is 0 Å². The number of hydrogen-bond donors (Lipinski definition) is 0. The first-order valence-corrected chi connectivity index (χ1v) is 16.2. The van der Waals surface area contributed by atoms with Crippen LogP contribution < -0.4 is 4.90 Å². The van der Waals surface area contributed by atoms with Crippen LogP contribution in [0.1, 0.15) is 0 Å². The van der Waals surface area contributed by atoms with E-state index >= 15 is 0 Å². The first-order valence-electron chi connectivity index (χ1n) is 16.2. The third kappa shape index (κ3) is 4.90. The van der Waals surface area contributed by atoms with E-state index in [9.17, 15) is 0 Å². The third-order valence-corrected chi connectivity index (χ3v) is 9.13. The monoisotopic (exact) mass is 614 g/mol. The van der Waals surface area contributed by atoms with Crippen LogP contribution in [0.15, 0.2) is 187 Å². The van der Waals surface area contributed by atoms with E-state index < -0.39 is 0 Å². The molecule has 0 bridgehead atoms. The minimum Gasteiger partial charge on any atom is -0.454 e. The minimum absolute atomic E-state index is 0.796. The normalized spacial score (nSPS) is 11.3. The number of hydrogen-bond acceptors (Lipinski definition) is 3. The summed E-state index contributed by atoms with van der Waals surface area (Å²) in [7, 11) is 0. The van der Waals surface area contributed by atoms with Crippen molar-refractivity contribution in [2.75, 3.05) is 4.90 Å². The number of aromatic nitrogens is 1. The number of furan rings is 1. The van der Waals surface area contributed by atoms with Crippen LogP contribution in [-0.2, 0) is 0 Å². The molecule has 226 valence electrons. The fourth-order valence-corrected chi connectivity index (χ4v) is 6.78. The molecular formula is C45H30N2O. The number of benzene rings is 7. The Morgan fingerprint density at radius 3 is 1.79 bits per heavy atom. The summed E-state index contributed by atoms with van der Waals surface area (Å²) in [5.41, 5.74) is 11.6. The summed E-state index contributed by atoms with van der Waals surface area (Å²) in [6.07, 6.45) is 1.85. The van der Waals surface area contributed by atoms with E-state index in [1.807, 2.05) is 6.20 Å². The molecule has 2 heterocycles. The number of fused-ring (bicyclic) bond motifs is 5. The molecular weight excluding hydrogens is 585 g/mol. The summed E-state index contributed by atoms with van der Waals surface area (Å²) in [4.78, 5) is 7.17. The molecule has 3 nitrogen and oxygen atoms in total. The Morgan fingerprint density at radius 2 is 1.04 bits per heavy atom. The first kappa shape index (κ1) is 27.8. The van der Waals surface area contributed by atoms with E-state index in [-0.39, 0.29) is 0 Å². The highest BCUT2D eigenvalue weighted by atomic mass is 16.3. The van der Waals surface area contributed by atoms with Gasteiger partial charge in [0, 0.05) is 33.3 Å². The van der Waals surface area contributed by atoms with Gasteiger partial charge in [0.05, 0.1) is 17.6 Å². The van der Waals surface area contributed by atoms with E-state index in [0.29, 0.717) is 0 Å². The van der Waals surface area contributed by atoms with E-state index in [4.69, 9.17) is 9.40 Å².